The Morgan fingerprint density at radius 1 is 1.13 bits per heavy atom. The second-order valence-corrected chi connectivity index (χ2v) is 5.64. The highest BCUT2D eigenvalue weighted by Gasteiger charge is 2.32. The fourth-order valence-electron chi connectivity index (χ4n) is 2.96. The zero-order valence-electron chi connectivity index (χ0n) is 12.7. The topological polar surface area (TPSA) is 55.8 Å². The minimum absolute atomic E-state index is 0. The molecule has 2 aliphatic rings. The van der Waals surface area contributed by atoms with E-state index < -0.39 is 6.10 Å². The highest BCUT2D eigenvalue weighted by atomic mass is 35.5. The van der Waals surface area contributed by atoms with Crippen molar-refractivity contribution >= 4 is 36.4 Å². The van der Waals surface area contributed by atoms with Crippen molar-refractivity contribution in [1.82, 2.24) is 10.2 Å². The van der Waals surface area contributed by atoms with Crippen LogP contribution in [-0.2, 0) is 4.79 Å². The van der Waals surface area contributed by atoms with Crippen molar-refractivity contribution in [2.75, 3.05) is 37.6 Å². The van der Waals surface area contributed by atoms with E-state index in [1.54, 1.807) is 12.1 Å². The van der Waals surface area contributed by atoms with E-state index in [9.17, 15) is 14.3 Å². The maximum absolute atomic E-state index is 12.9. The van der Waals surface area contributed by atoms with Gasteiger partial charge in [0.05, 0.1) is 12.1 Å². The van der Waals surface area contributed by atoms with Crippen LogP contribution in [0, 0.1) is 5.82 Å². The summed E-state index contributed by atoms with van der Waals surface area (Å²) in [7, 11) is 0. The van der Waals surface area contributed by atoms with Crippen molar-refractivity contribution in [3.8, 4) is 0 Å². The summed E-state index contributed by atoms with van der Waals surface area (Å²) in [6.07, 6.45) is 0.0799. The number of nitrogens with one attached hydrogen (secondary N) is 1. The molecule has 2 atom stereocenters. The number of amides is 1. The number of β-amino-alcohol motifs (C(OH)–C–C–N with tert-alkyl or cyclic N) is 1. The molecule has 2 unspecified atom stereocenters. The van der Waals surface area contributed by atoms with Gasteiger partial charge in [-0.2, -0.15) is 0 Å². The molecule has 0 aromatic heterocycles. The van der Waals surface area contributed by atoms with Crippen LogP contribution in [0.5, 0.6) is 0 Å². The van der Waals surface area contributed by atoms with Gasteiger partial charge in [0.1, 0.15) is 5.82 Å². The predicted molar refractivity (Wildman–Crippen MR) is 92.1 cm³/mol. The van der Waals surface area contributed by atoms with Crippen LogP contribution in [0.2, 0.25) is 0 Å². The van der Waals surface area contributed by atoms with E-state index in [4.69, 9.17) is 0 Å². The third-order valence-electron chi connectivity index (χ3n) is 4.19. The smallest absolute Gasteiger partial charge is 0.239 e. The molecule has 0 saturated carbocycles. The standard InChI is InChI=1S/C15H20FN3O2.2ClH/c16-11-1-3-12(4-2-11)18-5-7-19(8-6-18)15(21)14-9-13(20)10-17-14;;/h1-4,13-14,17,20H,5-10H2;2*1H. The number of rotatable bonds is 2. The van der Waals surface area contributed by atoms with Crippen LogP contribution < -0.4 is 10.2 Å². The average molecular weight is 366 g/mol. The lowest BCUT2D eigenvalue weighted by molar-refractivity contribution is -0.133. The average Bonchev–Trinajstić information content (AvgIpc) is 2.94. The molecule has 8 heteroatoms. The van der Waals surface area contributed by atoms with Gasteiger partial charge in [0.25, 0.3) is 0 Å². The van der Waals surface area contributed by atoms with E-state index in [2.05, 4.69) is 10.2 Å². The van der Waals surface area contributed by atoms with Crippen molar-refractivity contribution in [2.24, 2.45) is 0 Å². The van der Waals surface area contributed by atoms with Crippen molar-refractivity contribution in [3.05, 3.63) is 30.1 Å². The largest absolute Gasteiger partial charge is 0.392 e. The molecule has 23 heavy (non-hydrogen) atoms. The second-order valence-electron chi connectivity index (χ2n) is 5.64. The molecule has 0 bridgehead atoms. The van der Waals surface area contributed by atoms with Crippen LogP contribution >= 0.6 is 24.8 Å². The first-order valence-electron chi connectivity index (χ1n) is 7.34. The third kappa shape index (κ3) is 4.70. The van der Waals surface area contributed by atoms with Crippen LogP contribution in [0.25, 0.3) is 0 Å². The molecule has 2 saturated heterocycles. The summed E-state index contributed by atoms with van der Waals surface area (Å²) >= 11 is 0. The van der Waals surface area contributed by atoms with Gasteiger partial charge < -0.3 is 20.2 Å². The molecule has 1 aromatic rings. The van der Waals surface area contributed by atoms with Crippen LogP contribution in [0.4, 0.5) is 10.1 Å². The lowest BCUT2D eigenvalue weighted by Crippen LogP contribution is -2.53. The van der Waals surface area contributed by atoms with Gasteiger partial charge in [-0.3, -0.25) is 4.79 Å². The Kier molecular flexibility index (Phi) is 7.54. The SMILES string of the molecule is Cl.Cl.O=C(C1CC(O)CN1)N1CCN(c2ccc(F)cc2)CC1. The second kappa shape index (κ2) is 8.68. The minimum Gasteiger partial charge on any atom is -0.392 e. The number of nitrogens with zero attached hydrogens (tertiary/aromatic N) is 2. The quantitative estimate of drug-likeness (QED) is 0.822. The Morgan fingerprint density at radius 3 is 2.26 bits per heavy atom. The van der Waals surface area contributed by atoms with Gasteiger partial charge in [0.2, 0.25) is 5.91 Å². The summed E-state index contributed by atoms with van der Waals surface area (Å²) in [6.45, 7) is 3.29. The Bertz CT molecular complexity index is 510. The number of piperazine rings is 1. The first kappa shape index (κ1) is 20.0. The van der Waals surface area contributed by atoms with Crippen molar-refractivity contribution in [2.45, 2.75) is 18.6 Å². The molecule has 0 spiro atoms. The van der Waals surface area contributed by atoms with Gasteiger partial charge in [-0.1, -0.05) is 0 Å². The van der Waals surface area contributed by atoms with Gasteiger partial charge in [-0.15, -0.1) is 24.8 Å². The van der Waals surface area contributed by atoms with E-state index >= 15 is 0 Å². The van der Waals surface area contributed by atoms with Crippen molar-refractivity contribution in [3.63, 3.8) is 0 Å². The monoisotopic (exact) mass is 365 g/mol. The molecule has 2 heterocycles. The molecule has 3 rings (SSSR count). The Balaban J connectivity index is 0.00000132. The number of hydrogen-bond acceptors (Lipinski definition) is 4. The fraction of sp³-hybridized carbons (Fsp3) is 0.533. The molecule has 1 amide bonds. The van der Waals surface area contributed by atoms with Gasteiger partial charge in [-0.25, -0.2) is 4.39 Å². The molecule has 5 nitrogen and oxygen atoms in total. The van der Waals surface area contributed by atoms with Crippen LogP contribution in [0.15, 0.2) is 24.3 Å². The van der Waals surface area contributed by atoms with E-state index in [0.29, 0.717) is 26.1 Å². The minimum atomic E-state index is -0.417. The third-order valence-corrected chi connectivity index (χ3v) is 4.19. The summed E-state index contributed by atoms with van der Waals surface area (Å²) in [4.78, 5) is 16.3. The first-order chi connectivity index (χ1) is 10.1. The van der Waals surface area contributed by atoms with Crippen molar-refractivity contribution < 1.29 is 14.3 Å². The Morgan fingerprint density at radius 2 is 1.74 bits per heavy atom. The Hall–Kier alpha value is -1.08. The lowest BCUT2D eigenvalue weighted by atomic mass is 10.1. The number of carbonyl (C=O) groups is 1. The van der Waals surface area contributed by atoms with Gasteiger partial charge >= 0.3 is 0 Å². The molecular weight excluding hydrogens is 344 g/mol. The maximum atomic E-state index is 12.9. The highest BCUT2D eigenvalue weighted by molar-refractivity contribution is 5.85. The van der Waals surface area contributed by atoms with E-state index in [-0.39, 0.29) is 42.6 Å². The van der Waals surface area contributed by atoms with E-state index in [1.165, 1.54) is 12.1 Å². The summed E-state index contributed by atoms with van der Waals surface area (Å²) in [5.74, 6) is -0.163. The molecule has 2 aliphatic heterocycles. The highest BCUT2D eigenvalue weighted by Crippen LogP contribution is 2.18. The summed E-state index contributed by atoms with van der Waals surface area (Å²) in [6, 6.07) is 6.19. The summed E-state index contributed by atoms with van der Waals surface area (Å²) < 4.78 is 12.9. The summed E-state index contributed by atoms with van der Waals surface area (Å²) in [5.41, 5.74) is 0.984. The number of aliphatic hydroxyl groups is 1. The molecule has 0 aliphatic carbocycles. The zero-order valence-corrected chi connectivity index (χ0v) is 14.3. The number of carbonyl (C=O) groups excluding carboxylic acids is 1. The number of aliphatic hydroxyl groups excluding tert-OH is 1. The predicted octanol–water partition coefficient (Wildman–Crippen LogP) is 1.04. The first-order valence-corrected chi connectivity index (χ1v) is 7.34. The van der Waals surface area contributed by atoms with Crippen LogP contribution in [0.3, 0.4) is 0 Å². The van der Waals surface area contributed by atoms with E-state index in [0.717, 1.165) is 18.8 Å². The molecular formula is C15H22Cl2FN3O2. The lowest BCUT2D eigenvalue weighted by Gasteiger charge is -2.37. The molecule has 1 aromatic carbocycles. The van der Waals surface area contributed by atoms with Gasteiger partial charge in [-0.05, 0) is 30.7 Å². The van der Waals surface area contributed by atoms with Gasteiger partial charge in [0.15, 0.2) is 0 Å². The number of anilines is 1. The van der Waals surface area contributed by atoms with Gasteiger partial charge in [0, 0.05) is 38.4 Å². The number of halogens is 3. The van der Waals surface area contributed by atoms with Crippen molar-refractivity contribution in [1.29, 1.82) is 0 Å². The molecule has 0 radical (unpaired) electrons. The number of benzene rings is 1. The maximum Gasteiger partial charge on any atom is 0.239 e. The Labute approximate surface area is 147 Å². The normalized spacial score (nSPS) is 23.9. The number of hydrogen-bond donors (Lipinski definition) is 2. The molecule has 130 valence electrons. The van der Waals surface area contributed by atoms with E-state index in [1.807, 2.05) is 4.90 Å². The molecule has 2 N–H and O–H groups in total. The van der Waals surface area contributed by atoms with Crippen LogP contribution in [0.1, 0.15) is 6.42 Å². The molecule has 2 fully saturated rings. The zero-order chi connectivity index (χ0) is 14.8. The summed E-state index contributed by atoms with van der Waals surface area (Å²) in [5, 5.41) is 12.5. The van der Waals surface area contributed by atoms with Crippen LogP contribution in [-0.4, -0.2) is 60.8 Å². The fourth-order valence-corrected chi connectivity index (χ4v) is 2.96.